The number of hydrogen-bond acceptors (Lipinski definition) is 4. The van der Waals surface area contributed by atoms with E-state index in [0.29, 0.717) is 18.8 Å². The van der Waals surface area contributed by atoms with Gasteiger partial charge in [0.25, 0.3) is 10.1 Å². The van der Waals surface area contributed by atoms with Crippen LogP contribution in [0.4, 0.5) is 0 Å². The molecule has 0 aromatic carbocycles. The van der Waals surface area contributed by atoms with Gasteiger partial charge in [-0.25, -0.2) is 0 Å². The van der Waals surface area contributed by atoms with E-state index in [1.54, 1.807) is 13.8 Å². The minimum absolute atomic E-state index is 0.111. The number of carbonyl (C=O) groups excluding carboxylic acids is 1. The summed E-state index contributed by atoms with van der Waals surface area (Å²) in [6, 6.07) is 0. The second-order valence-electron chi connectivity index (χ2n) is 6.51. The Morgan fingerprint density at radius 3 is 2.39 bits per heavy atom. The molecular weight excluding hydrogens is 252 g/mol. The minimum Gasteiger partial charge on any atom is -0.299 e. The van der Waals surface area contributed by atoms with Crippen molar-refractivity contribution >= 4 is 15.9 Å². The van der Waals surface area contributed by atoms with Crippen LogP contribution in [0.5, 0.6) is 0 Å². The maximum atomic E-state index is 12.2. The smallest absolute Gasteiger partial charge is 0.268 e. The molecule has 0 radical (unpaired) electrons. The molecular formula is C13H22O4S. The Morgan fingerprint density at radius 2 is 2.00 bits per heavy atom. The van der Waals surface area contributed by atoms with Crippen molar-refractivity contribution in [2.45, 2.75) is 53.1 Å². The van der Waals surface area contributed by atoms with E-state index in [1.807, 2.05) is 13.8 Å². The second kappa shape index (κ2) is 4.04. The fourth-order valence-corrected chi connectivity index (χ4v) is 5.67. The van der Waals surface area contributed by atoms with E-state index >= 15 is 0 Å². The number of Topliss-reactive ketones (excluding diaryl/α,β-unsaturated/α-hetero) is 1. The van der Waals surface area contributed by atoms with Gasteiger partial charge in [-0.05, 0) is 38.0 Å². The summed E-state index contributed by atoms with van der Waals surface area (Å²) in [7, 11) is -3.63. The normalized spacial score (nSPS) is 34.5. The van der Waals surface area contributed by atoms with Gasteiger partial charge >= 0.3 is 0 Å². The molecule has 0 saturated heterocycles. The molecule has 2 aliphatic carbocycles. The van der Waals surface area contributed by atoms with Gasteiger partial charge in [-0.1, -0.05) is 13.8 Å². The maximum Gasteiger partial charge on any atom is 0.268 e. The Kier molecular flexibility index (Phi) is 3.14. The van der Waals surface area contributed by atoms with E-state index in [9.17, 15) is 13.2 Å². The molecule has 0 N–H and O–H groups in total. The Morgan fingerprint density at radius 1 is 1.39 bits per heavy atom. The first-order chi connectivity index (χ1) is 8.11. The van der Waals surface area contributed by atoms with Gasteiger partial charge in [-0.15, -0.1) is 0 Å². The van der Waals surface area contributed by atoms with Gasteiger partial charge < -0.3 is 0 Å². The molecule has 2 rings (SSSR count). The molecule has 0 unspecified atom stereocenters. The molecule has 0 aromatic rings. The monoisotopic (exact) mass is 274 g/mol. The van der Waals surface area contributed by atoms with E-state index < -0.39 is 15.5 Å². The zero-order valence-corrected chi connectivity index (χ0v) is 12.3. The average molecular weight is 274 g/mol. The highest BCUT2D eigenvalue weighted by molar-refractivity contribution is 7.86. The Labute approximate surface area is 109 Å². The third-order valence-corrected chi connectivity index (χ3v) is 6.43. The molecule has 2 saturated carbocycles. The fraction of sp³-hybridized carbons (Fsp3) is 0.923. The first kappa shape index (κ1) is 14.0. The number of fused-ring (bicyclic) bond motifs is 2. The highest BCUT2D eigenvalue weighted by Crippen LogP contribution is 2.64. The lowest BCUT2D eigenvalue weighted by molar-refractivity contribution is -0.128. The van der Waals surface area contributed by atoms with Crippen LogP contribution in [0.1, 0.15) is 47.0 Å². The summed E-state index contributed by atoms with van der Waals surface area (Å²) in [6.45, 7) is 7.43. The third kappa shape index (κ3) is 1.92. The highest BCUT2D eigenvalue weighted by Gasteiger charge is 2.65. The summed E-state index contributed by atoms with van der Waals surface area (Å²) < 4.78 is 29.1. The summed E-state index contributed by atoms with van der Waals surface area (Å²) >= 11 is 0. The van der Waals surface area contributed by atoms with E-state index in [4.69, 9.17) is 4.18 Å². The molecule has 0 spiro atoms. The SMILES string of the molecule is CC(C)OS(=O)(=O)C[C@]12CC[C@H](CC1=O)C2(C)C. The van der Waals surface area contributed by atoms with Crippen molar-refractivity contribution in [2.24, 2.45) is 16.7 Å². The molecule has 0 heterocycles. The van der Waals surface area contributed by atoms with Gasteiger partial charge in [0.15, 0.2) is 0 Å². The summed E-state index contributed by atoms with van der Waals surface area (Å²) in [5.41, 5.74) is -0.942. The van der Waals surface area contributed by atoms with Crippen LogP contribution in [-0.2, 0) is 19.1 Å². The lowest BCUT2D eigenvalue weighted by atomic mass is 9.70. The van der Waals surface area contributed by atoms with Crippen LogP contribution in [0, 0.1) is 16.7 Å². The molecule has 0 aromatic heterocycles. The van der Waals surface area contributed by atoms with Gasteiger partial charge in [0, 0.05) is 6.42 Å². The first-order valence-electron chi connectivity index (χ1n) is 6.55. The van der Waals surface area contributed by atoms with Crippen LogP contribution >= 0.6 is 0 Å². The summed E-state index contributed by atoms with van der Waals surface area (Å²) in [4.78, 5) is 12.2. The van der Waals surface area contributed by atoms with Crippen molar-refractivity contribution < 1.29 is 17.4 Å². The zero-order chi connectivity index (χ0) is 13.8. The number of hydrogen-bond donors (Lipinski definition) is 0. The molecule has 18 heavy (non-hydrogen) atoms. The van der Waals surface area contributed by atoms with Gasteiger partial charge in [-0.3, -0.25) is 8.98 Å². The van der Waals surface area contributed by atoms with Crippen LogP contribution in [0.2, 0.25) is 0 Å². The van der Waals surface area contributed by atoms with Crippen LogP contribution in [-0.4, -0.2) is 26.1 Å². The minimum atomic E-state index is -3.63. The number of rotatable bonds is 4. The Bertz CT molecular complexity index is 463. The van der Waals surface area contributed by atoms with Crippen molar-refractivity contribution in [1.82, 2.24) is 0 Å². The topological polar surface area (TPSA) is 60.4 Å². The average Bonchev–Trinajstić information content (AvgIpc) is 2.48. The van der Waals surface area contributed by atoms with Crippen molar-refractivity contribution in [1.29, 1.82) is 0 Å². The number of carbonyl (C=O) groups is 1. The standard InChI is InChI=1S/C13H22O4S/c1-9(2)17-18(15,16)8-13-6-5-10(7-11(13)14)12(13,3)4/h9-10H,5-8H2,1-4H3/t10-,13-/m1/s1. The lowest BCUT2D eigenvalue weighted by Gasteiger charge is -2.35. The van der Waals surface area contributed by atoms with Gasteiger partial charge in [0.2, 0.25) is 0 Å². The molecule has 104 valence electrons. The van der Waals surface area contributed by atoms with E-state index in [-0.39, 0.29) is 23.1 Å². The van der Waals surface area contributed by atoms with Crippen LogP contribution in [0.25, 0.3) is 0 Å². The second-order valence-corrected chi connectivity index (χ2v) is 8.11. The van der Waals surface area contributed by atoms with E-state index in [2.05, 4.69) is 0 Å². The van der Waals surface area contributed by atoms with Gasteiger partial charge in [-0.2, -0.15) is 8.42 Å². The van der Waals surface area contributed by atoms with Crippen molar-refractivity contribution in [2.75, 3.05) is 5.75 Å². The number of ketones is 1. The van der Waals surface area contributed by atoms with Gasteiger partial charge in [0.05, 0.1) is 17.3 Å². The lowest BCUT2D eigenvalue weighted by Crippen LogP contribution is -2.42. The predicted molar refractivity (Wildman–Crippen MR) is 68.6 cm³/mol. The largest absolute Gasteiger partial charge is 0.299 e. The fourth-order valence-electron chi connectivity index (χ4n) is 3.74. The zero-order valence-electron chi connectivity index (χ0n) is 11.5. The van der Waals surface area contributed by atoms with E-state index in [0.717, 1.165) is 6.42 Å². The molecule has 5 heteroatoms. The molecule has 2 fully saturated rings. The third-order valence-electron chi connectivity index (χ3n) is 4.90. The highest BCUT2D eigenvalue weighted by atomic mass is 32.2. The first-order valence-corrected chi connectivity index (χ1v) is 8.13. The van der Waals surface area contributed by atoms with Crippen molar-refractivity contribution in [3.05, 3.63) is 0 Å². The molecule has 0 aliphatic heterocycles. The van der Waals surface area contributed by atoms with E-state index in [1.165, 1.54) is 0 Å². The summed E-state index contributed by atoms with van der Waals surface area (Å²) in [5.74, 6) is 0.291. The van der Waals surface area contributed by atoms with Gasteiger partial charge in [0.1, 0.15) is 5.78 Å². The van der Waals surface area contributed by atoms with Crippen LogP contribution in [0.15, 0.2) is 0 Å². The maximum absolute atomic E-state index is 12.2. The molecule has 2 atom stereocenters. The Balaban J connectivity index is 2.30. The van der Waals surface area contributed by atoms with Crippen LogP contribution in [0.3, 0.4) is 0 Å². The molecule has 2 aliphatic rings. The predicted octanol–water partition coefficient (Wildman–Crippen LogP) is 2.14. The quantitative estimate of drug-likeness (QED) is 0.737. The molecule has 0 amide bonds. The Hall–Kier alpha value is -0.420. The molecule has 4 nitrogen and oxygen atoms in total. The van der Waals surface area contributed by atoms with Crippen molar-refractivity contribution in [3.8, 4) is 0 Å². The summed E-state index contributed by atoms with van der Waals surface area (Å²) in [5, 5.41) is 0. The summed E-state index contributed by atoms with van der Waals surface area (Å²) in [6.07, 6.45) is 1.80. The van der Waals surface area contributed by atoms with Crippen LogP contribution < -0.4 is 0 Å². The van der Waals surface area contributed by atoms with Crippen molar-refractivity contribution in [3.63, 3.8) is 0 Å². The molecule has 2 bridgehead atoms.